The second-order valence-corrected chi connectivity index (χ2v) is 3.08. The first-order valence-electron chi connectivity index (χ1n) is 3.75. The zero-order valence-electron chi connectivity index (χ0n) is 5.67. The van der Waals surface area contributed by atoms with E-state index >= 15 is 0 Å². The van der Waals surface area contributed by atoms with Crippen LogP contribution in [0.1, 0.15) is 22.6 Å². The fourth-order valence-corrected chi connectivity index (χ4v) is 1.95. The van der Waals surface area contributed by atoms with Gasteiger partial charge in [-0.25, -0.2) is 0 Å². The predicted molar refractivity (Wildman–Crippen MR) is 41.9 cm³/mol. The van der Waals surface area contributed by atoms with Crippen molar-refractivity contribution in [2.24, 2.45) is 0 Å². The lowest BCUT2D eigenvalue weighted by Gasteiger charge is -2.33. The fourth-order valence-electron chi connectivity index (χ4n) is 1.95. The second kappa shape index (κ2) is 1.34. The van der Waals surface area contributed by atoms with Crippen LogP contribution in [0.3, 0.4) is 0 Å². The van der Waals surface area contributed by atoms with Crippen LogP contribution in [0.4, 0.5) is 0 Å². The highest BCUT2D eigenvalue weighted by Gasteiger charge is 2.28. The molecular formula is C10H8. The molecule has 0 nitrogen and oxygen atoms in total. The van der Waals surface area contributed by atoms with Gasteiger partial charge >= 0.3 is 0 Å². The molecule has 0 N–H and O–H groups in total. The Morgan fingerprint density at radius 2 is 2.30 bits per heavy atom. The molecular weight excluding hydrogens is 120 g/mol. The quantitative estimate of drug-likeness (QED) is 0.503. The fraction of sp³-hybridized carbons (Fsp3) is 0.200. The summed E-state index contributed by atoms with van der Waals surface area (Å²) in [6.45, 7) is 0. The van der Waals surface area contributed by atoms with E-state index in [1.807, 2.05) is 0 Å². The number of hydrogen-bond donors (Lipinski definition) is 0. The van der Waals surface area contributed by atoms with Gasteiger partial charge in [0.2, 0.25) is 0 Å². The predicted octanol–water partition coefficient (Wildman–Crippen LogP) is 2.35. The number of benzene rings is 1. The van der Waals surface area contributed by atoms with E-state index in [4.69, 9.17) is 0 Å². The summed E-state index contributed by atoms with van der Waals surface area (Å²) in [6, 6.07) is 6.60. The van der Waals surface area contributed by atoms with Gasteiger partial charge in [-0.15, -0.1) is 0 Å². The molecule has 1 unspecified atom stereocenters. The first-order chi connectivity index (χ1) is 4.95. The molecule has 0 aromatic heterocycles. The van der Waals surface area contributed by atoms with Crippen molar-refractivity contribution in [3.8, 4) is 0 Å². The van der Waals surface area contributed by atoms with Crippen LogP contribution in [0.5, 0.6) is 0 Å². The van der Waals surface area contributed by atoms with Crippen molar-refractivity contribution in [2.75, 3.05) is 0 Å². The molecule has 0 heterocycles. The van der Waals surface area contributed by atoms with Crippen molar-refractivity contribution in [1.29, 1.82) is 0 Å². The van der Waals surface area contributed by atoms with Crippen molar-refractivity contribution in [1.82, 2.24) is 0 Å². The van der Waals surface area contributed by atoms with Gasteiger partial charge in [0.05, 0.1) is 0 Å². The maximum atomic E-state index is 2.32. The summed E-state index contributed by atoms with van der Waals surface area (Å²) in [5, 5.41) is 0. The third-order valence-corrected chi connectivity index (χ3v) is 2.58. The molecule has 0 radical (unpaired) electrons. The van der Waals surface area contributed by atoms with Gasteiger partial charge in [-0.2, -0.15) is 0 Å². The standard InChI is InChI=1S/C10H8/c1-2-7-4-5-8-6-10(7)9(8)3-1/h1-5,8H,6H2. The van der Waals surface area contributed by atoms with Crippen LogP contribution in [0.2, 0.25) is 0 Å². The molecule has 1 aromatic rings. The second-order valence-electron chi connectivity index (χ2n) is 3.08. The summed E-state index contributed by atoms with van der Waals surface area (Å²) in [5.74, 6) is 0.767. The largest absolute Gasteiger partial charge is 0.0761 e. The van der Waals surface area contributed by atoms with Gasteiger partial charge in [0.1, 0.15) is 0 Å². The Bertz CT molecular complexity index is 321. The van der Waals surface area contributed by atoms with Crippen molar-refractivity contribution in [3.63, 3.8) is 0 Å². The van der Waals surface area contributed by atoms with Gasteiger partial charge in [0, 0.05) is 5.92 Å². The van der Waals surface area contributed by atoms with Gasteiger partial charge in [0.25, 0.3) is 0 Å². The Hall–Kier alpha value is -1.04. The third-order valence-electron chi connectivity index (χ3n) is 2.58. The van der Waals surface area contributed by atoms with E-state index in [2.05, 4.69) is 30.4 Å². The van der Waals surface area contributed by atoms with Crippen molar-refractivity contribution >= 4 is 6.08 Å². The molecule has 3 aliphatic rings. The Morgan fingerprint density at radius 3 is 3.00 bits per heavy atom. The molecule has 4 bridgehead atoms. The molecule has 0 spiro atoms. The molecule has 1 aromatic carbocycles. The topological polar surface area (TPSA) is 0 Å². The molecule has 10 heavy (non-hydrogen) atoms. The first kappa shape index (κ1) is 4.73. The molecule has 48 valence electrons. The summed E-state index contributed by atoms with van der Waals surface area (Å²) in [6.07, 6.45) is 5.86. The molecule has 0 heteroatoms. The average molecular weight is 128 g/mol. The molecule has 0 saturated heterocycles. The SMILES string of the molecule is C1=CC2Cc3c1cccc32. The molecule has 0 fully saturated rings. The molecule has 1 atom stereocenters. The molecule has 0 aliphatic heterocycles. The third kappa shape index (κ3) is 0.367. The normalized spacial score (nSPS) is 24.2. The van der Waals surface area contributed by atoms with Crippen LogP contribution >= 0.6 is 0 Å². The number of rotatable bonds is 0. The summed E-state index contributed by atoms with van der Waals surface area (Å²) in [7, 11) is 0. The summed E-state index contributed by atoms with van der Waals surface area (Å²) in [5.41, 5.74) is 4.61. The van der Waals surface area contributed by atoms with Crippen LogP contribution in [-0.4, -0.2) is 0 Å². The Balaban J connectivity index is 2.45. The first-order valence-corrected chi connectivity index (χ1v) is 3.75. The monoisotopic (exact) mass is 128 g/mol. The maximum Gasteiger partial charge on any atom is 0.00649 e. The lowest BCUT2D eigenvalue weighted by atomic mass is 9.71. The van der Waals surface area contributed by atoms with Gasteiger partial charge in [0.15, 0.2) is 0 Å². The van der Waals surface area contributed by atoms with Crippen molar-refractivity contribution in [3.05, 3.63) is 41.0 Å². The van der Waals surface area contributed by atoms with E-state index in [1.165, 1.54) is 12.0 Å². The van der Waals surface area contributed by atoms with Crippen LogP contribution in [0.25, 0.3) is 6.08 Å². The Labute approximate surface area is 60.2 Å². The number of hydrogen-bond acceptors (Lipinski definition) is 0. The van der Waals surface area contributed by atoms with Gasteiger partial charge in [-0.1, -0.05) is 30.4 Å². The van der Waals surface area contributed by atoms with Gasteiger partial charge in [-0.05, 0) is 23.1 Å². The van der Waals surface area contributed by atoms with Crippen LogP contribution in [0.15, 0.2) is 24.3 Å². The maximum absolute atomic E-state index is 2.32. The van der Waals surface area contributed by atoms with E-state index in [9.17, 15) is 0 Å². The summed E-state index contributed by atoms with van der Waals surface area (Å²) >= 11 is 0. The average Bonchev–Trinajstić information content (AvgIpc) is 1.96. The van der Waals surface area contributed by atoms with E-state index in [1.54, 1.807) is 11.1 Å². The zero-order chi connectivity index (χ0) is 6.55. The Kier molecular flexibility index (Phi) is 0.634. The van der Waals surface area contributed by atoms with E-state index in [0.717, 1.165) is 5.92 Å². The lowest BCUT2D eigenvalue weighted by Crippen LogP contribution is -2.19. The van der Waals surface area contributed by atoms with Gasteiger partial charge < -0.3 is 0 Å². The highest BCUT2D eigenvalue weighted by molar-refractivity contribution is 5.67. The van der Waals surface area contributed by atoms with Gasteiger partial charge in [-0.3, -0.25) is 0 Å². The van der Waals surface area contributed by atoms with Crippen LogP contribution in [0, 0.1) is 0 Å². The molecule has 0 amide bonds. The minimum atomic E-state index is 0.767. The molecule has 4 rings (SSSR count). The molecule has 0 saturated carbocycles. The minimum Gasteiger partial charge on any atom is -0.0761 e. The van der Waals surface area contributed by atoms with E-state index < -0.39 is 0 Å². The zero-order valence-corrected chi connectivity index (χ0v) is 5.67. The van der Waals surface area contributed by atoms with E-state index in [0.29, 0.717) is 0 Å². The van der Waals surface area contributed by atoms with E-state index in [-0.39, 0.29) is 0 Å². The lowest BCUT2D eigenvalue weighted by molar-refractivity contribution is 0.721. The van der Waals surface area contributed by atoms with Crippen molar-refractivity contribution < 1.29 is 0 Å². The van der Waals surface area contributed by atoms with Crippen molar-refractivity contribution in [2.45, 2.75) is 12.3 Å². The summed E-state index contributed by atoms with van der Waals surface area (Å²) < 4.78 is 0. The molecule has 3 aliphatic carbocycles. The summed E-state index contributed by atoms with van der Waals surface area (Å²) in [4.78, 5) is 0. The van der Waals surface area contributed by atoms with Crippen LogP contribution < -0.4 is 0 Å². The minimum absolute atomic E-state index is 0.767. The van der Waals surface area contributed by atoms with Crippen LogP contribution in [-0.2, 0) is 6.42 Å². The Morgan fingerprint density at radius 1 is 1.30 bits per heavy atom. The number of allylic oxidation sites excluding steroid dienone is 1. The highest BCUT2D eigenvalue weighted by atomic mass is 14.3. The smallest absolute Gasteiger partial charge is 0.00649 e. The highest BCUT2D eigenvalue weighted by Crippen LogP contribution is 2.42.